The number of amides is 1. The first-order valence-corrected chi connectivity index (χ1v) is 6.95. The Labute approximate surface area is 115 Å². The van der Waals surface area contributed by atoms with Gasteiger partial charge in [-0.05, 0) is 52.4 Å². The number of carbonyl (C=O) groups is 1. The minimum absolute atomic E-state index is 0.193. The molecule has 2 unspecified atom stereocenters. The molecular weight excluding hydrogens is 294 g/mol. The van der Waals surface area contributed by atoms with Gasteiger partial charge in [0, 0.05) is 19.0 Å². The number of rotatable bonds is 1. The predicted octanol–water partition coefficient (Wildman–Crippen LogP) is 2.84. The van der Waals surface area contributed by atoms with Crippen molar-refractivity contribution >= 4 is 21.8 Å². The van der Waals surface area contributed by atoms with Crippen LogP contribution in [0.3, 0.4) is 0 Å². The quantitative estimate of drug-likeness (QED) is 0.798. The standard InChI is InChI=1S/C14H16BrNO2/c1-7-4-10(15)14(18-3)12-9(7)5-8-6-11(17)16(2)13(8)12/h4,8,13H,5-6H2,1-3H3. The Bertz CT molecular complexity index is 541. The number of nitrogens with zero attached hydrogens (tertiary/aromatic N) is 1. The number of carbonyl (C=O) groups excluding carboxylic acids is 1. The summed E-state index contributed by atoms with van der Waals surface area (Å²) in [5, 5.41) is 0. The van der Waals surface area contributed by atoms with E-state index >= 15 is 0 Å². The summed E-state index contributed by atoms with van der Waals surface area (Å²) in [6.07, 6.45) is 1.65. The van der Waals surface area contributed by atoms with Crippen LogP contribution in [0.2, 0.25) is 0 Å². The topological polar surface area (TPSA) is 29.5 Å². The van der Waals surface area contributed by atoms with Crippen LogP contribution in [0.1, 0.15) is 29.2 Å². The molecule has 1 saturated heterocycles. The van der Waals surface area contributed by atoms with E-state index in [1.807, 2.05) is 11.9 Å². The highest BCUT2D eigenvalue weighted by Crippen LogP contribution is 2.52. The van der Waals surface area contributed by atoms with E-state index in [1.165, 1.54) is 16.7 Å². The van der Waals surface area contributed by atoms with Crippen LogP contribution in [0.4, 0.5) is 0 Å². The van der Waals surface area contributed by atoms with E-state index in [2.05, 4.69) is 28.9 Å². The Hall–Kier alpha value is -1.03. The molecule has 2 aliphatic rings. The first-order chi connectivity index (χ1) is 8.54. The van der Waals surface area contributed by atoms with Gasteiger partial charge in [-0.15, -0.1) is 0 Å². The Morgan fingerprint density at radius 3 is 2.83 bits per heavy atom. The second-order valence-electron chi connectivity index (χ2n) is 5.22. The van der Waals surface area contributed by atoms with E-state index in [0.29, 0.717) is 12.3 Å². The number of hydrogen-bond donors (Lipinski definition) is 0. The fraction of sp³-hybridized carbons (Fsp3) is 0.500. The summed E-state index contributed by atoms with van der Waals surface area (Å²) in [6.45, 7) is 2.13. The van der Waals surface area contributed by atoms with Crippen LogP contribution in [-0.2, 0) is 11.2 Å². The first kappa shape index (κ1) is 12.0. The SMILES string of the molecule is COc1c(Br)cc(C)c2c1C1C(CC(=O)N1C)C2. The molecule has 0 saturated carbocycles. The van der Waals surface area contributed by atoms with Crippen LogP contribution < -0.4 is 4.74 Å². The lowest BCUT2D eigenvalue weighted by Crippen LogP contribution is -2.23. The third kappa shape index (κ3) is 1.44. The predicted molar refractivity (Wildman–Crippen MR) is 72.8 cm³/mol. The highest BCUT2D eigenvalue weighted by molar-refractivity contribution is 9.10. The van der Waals surface area contributed by atoms with Crippen LogP contribution >= 0.6 is 15.9 Å². The first-order valence-electron chi connectivity index (χ1n) is 6.16. The second kappa shape index (κ2) is 3.98. The molecule has 4 heteroatoms. The molecule has 0 aromatic heterocycles. The van der Waals surface area contributed by atoms with Gasteiger partial charge in [-0.25, -0.2) is 0 Å². The number of hydrogen-bond acceptors (Lipinski definition) is 2. The fourth-order valence-corrected chi connectivity index (χ4v) is 4.16. The molecule has 0 spiro atoms. The molecule has 1 heterocycles. The fourth-order valence-electron chi connectivity index (χ4n) is 3.44. The smallest absolute Gasteiger partial charge is 0.223 e. The lowest BCUT2D eigenvalue weighted by Gasteiger charge is -2.23. The van der Waals surface area contributed by atoms with Gasteiger partial charge in [0.25, 0.3) is 0 Å². The van der Waals surface area contributed by atoms with Crippen LogP contribution in [0, 0.1) is 12.8 Å². The minimum Gasteiger partial charge on any atom is -0.495 e. The van der Waals surface area contributed by atoms with E-state index in [1.54, 1.807) is 7.11 Å². The number of benzene rings is 1. The molecule has 3 nitrogen and oxygen atoms in total. The molecule has 1 aliphatic carbocycles. The Morgan fingerprint density at radius 2 is 2.17 bits per heavy atom. The highest BCUT2D eigenvalue weighted by Gasteiger charge is 2.46. The van der Waals surface area contributed by atoms with E-state index in [9.17, 15) is 4.79 Å². The second-order valence-corrected chi connectivity index (χ2v) is 6.07. The zero-order valence-corrected chi connectivity index (χ0v) is 12.4. The van der Waals surface area contributed by atoms with Gasteiger partial charge in [-0.1, -0.05) is 0 Å². The Morgan fingerprint density at radius 1 is 1.44 bits per heavy atom. The number of fused-ring (bicyclic) bond motifs is 3. The molecular formula is C14H16BrNO2. The molecule has 1 aromatic rings. The van der Waals surface area contributed by atoms with Gasteiger partial charge < -0.3 is 9.64 Å². The molecule has 0 bridgehead atoms. The van der Waals surface area contributed by atoms with Crippen molar-refractivity contribution in [3.8, 4) is 5.75 Å². The number of aryl methyl sites for hydroxylation is 1. The lowest BCUT2D eigenvalue weighted by atomic mass is 10.0. The minimum atomic E-state index is 0.193. The zero-order valence-electron chi connectivity index (χ0n) is 10.8. The average Bonchev–Trinajstić information content (AvgIpc) is 2.79. The summed E-state index contributed by atoms with van der Waals surface area (Å²) >= 11 is 3.56. The molecule has 96 valence electrons. The van der Waals surface area contributed by atoms with Crippen LogP contribution in [0.25, 0.3) is 0 Å². The van der Waals surface area contributed by atoms with Crippen molar-refractivity contribution in [1.82, 2.24) is 4.90 Å². The molecule has 1 aromatic carbocycles. The van der Waals surface area contributed by atoms with Crippen molar-refractivity contribution in [1.29, 1.82) is 0 Å². The van der Waals surface area contributed by atoms with Crippen molar-refractivity contribution in [2.45, 2.75) is 25.8 Å². The molecule has 18 heavy (non-hydrogen) atoms. The maximum atomic E-state index is 11.8. The Balaban J connectivity index is 2.21. The summed E-state index contributed by atoms with van der Waals surface area (Å²) in [5.74, 6) is 1.55. The third-order valence-electron chi connectivity index (χ3n) is 4.27. The molecule has 0 N–H and O–H groups in total. The van der Waals surface area contributed by atoms with Gasteiger partial charge in [-0.2, -0.15) is 0 Å². The molecule has 1 amide bonds. The summed E-state index contributed by atoms with van der Waals surface area (Å²) in [6, 6.07) is 2.30. The summed E-state index contributed by atoms with van der Waals surface area (Å²) in [4.78, 5) is 13.7. The molecule has 2 atom stereocenters. The van der Waals surface area contributed by atoms with Crippen LogP contribution in [0.15, 0.2) is 10.5 Å². The van der Waals surface area contributed by atoms with Gasteiger partial charge >= 0.3 is 0 Å². The highest BCUT2D eigenvalue weighted by atomic mass is 79.9. The molecule has 1 fully saturated rings. The lowest BCUT2D eigenvalue weighted by molar-refractivity contribution is -0.127. The van der Waals surface area contributed by atoms with Crippen molar-refractivity contribution < 1.29 is 9.53 Å². The van der Waals surface area contributed by atoms with E-state index in [0.717, 1.165) is 16.6 Å². The summed E-state index contributed by atoms with van der Waals surface area (Å²) in [5.41, 5.74) is 3.86. The molecule has 1 aliphatic heterocycles. The van der Waals surface area contributed by atoms with Crippen molar-refractivity contribution in [3.63, 3.8) is 0 Å². The monoisotopic (exact) mass is 309 g/mol. The van der Waals surface area contributed by atoms with E-state index in [-0.39, 0.29) is 11.9 Å². The maximum Gasteiger partial charge on any atom is 0.223 e. The van der Waals surface area contributed by atoms with Crippen LogP contribution in [0.5, 0.6) is 5.75 Å². The normalized spacial score (nSPS) is 25.3. The van der Waals surface area contributed by atoms with Crippen molar-refractivity contribution in [2.75, 3.05) is 14.2 Å². The number of likely N-dealkylation sites (tertiary alicyclic amines) is 1. The van der Waals surface area contributed by atoms with Crippen molar-refractivity contribution in [3.05, 3.63) is 27.2 Å². The Kier molecular flexibility index (Phi) is 2.66. The largest absolute Gasteiger partial charge is 0.495 e. The third-order valence-corrected chi connectivity index (χ3v) is 4.86. The van der Waals surface area contributed by atoms with Gasteiger partial charge in [0.2, 0.25) is 5.91 Å². The molecule has 3 rings (SSSR count). The molecule has 0 radical (unpaired) electrons. The number of ether oxygens (including phenoxy) is 1. The maximum absolute atomic E-state index is 11.8. The summed E-state index contributed by atoms with van der Waals surface area (Å²) < 4.78 is 6.53. The van der Waals surface area contributed by atoms with Gasteiger partial charge in [0.15, 0.2) is 0 Å². The summed E-state index contributed by atoms with van der Waals surface area (Å²) in [7, 11) is 3.59. The number of methoxy groups -OCH3 is 1. The average molecular weight is 310 g/mol. The zero-order chi connectivity index (χ0) is 13.0. The van der Waals surface area contributed by atoms with Crippen LogP contribution in [-0.4, -0.2) is 25.0 Å². The van der Waals surface area contributed by atoms with E-state index in [4.69, 9.17) is 4.74 Å². The van der Waals surface area contributed by atoms with Gasteiger partial charge in [-0.3, -0.25) is 4.79 Å². The number of halogens is 1. The van der Waals surface area contributed by atoms with Gasteiger partial charge in [0.1, 0.15) is 5.75 Å². The van der Waals surface area contributed by atoms with Gasteiger partial charge in [0.05, 0.1) is 17.6 Å². The van der Waals surface area contributed by atoms with E-state index < -0.39 is 0 Å². The van der Waals surface area contributed by atoms with Crippen molar-refractivity contribution in [2.24, 2.45) is 5.92 Å².